The van der Waals surface area contributed by atoms with E-state index in [-0.39, 0.29) is 0 Å². The lowest BCUT2D eigenvalue weighted by Gasteiger charge is -2.01. The quantitative estimate of drug-likeness (QED) is 0.429. The maximum atomic E-state index is 5.38. The van der Waals surface area contributed by atoms with Crippen LogP contribution >= 0.6 is 0 Å². The van der Waals surface area contributed by atoms with Crippen molar-refractivity contribution < 1.29 is 0 Å². The second kappa shape index (κ2) is 3.98. The van der Waals surface area contributed by atoms with Gasteiger partial charge in [-0.2, -0.15) is 0 Å². The lowest BCUT2D eigenvalue weighted by atomic mass is 10.2. The summed E-state index contributed by atoms with van der Waals surface area (Å²) >= 11 is 0. The van der Waals surface area contributed by atoms with Gasteiger partial charge in [-0.25, -0.2) is 0 Å². The lowest BCUT2D eigenvalue weighted by Crippen LogP contribution is -2.20. The first-order valence-electron chi connectivity index (χ1n) is 4.20. The summed E-state index contributed by atoms with van der Waals surface area (Å²) in [4.78, 5) is 0. The molecule has 0 aliphatic heterocycles. The maximum Gasteiger partial charge on any atom is 0.210 e. The molecule has 0 aliphatic carbocycles. The predicted octanol–water partition coefficient (Wildman–Crippen LogP) is 2.46. The van der Waals surface area contributed by atoms with E-state index in [0.29, 0.717) is 0 Å². The van der Waals surface area contributed by atoms with Gasteiger partial charge in [0.1, 0.15) is 0 Å². The van der Waals surface area contributed by atoms with Crippen molar-refractivity contribution >= 4 is 8.07 Å². The van der Waals surface area contributed by atoms with E-state index in [0.717, 1.165) is 5.56 Å². The number of terminal acetylenes is 1. The molecule has 1 heteroatoms. The van der Waals surface area contributed by atoms with Crippen molar-refractivity contribution in [3.8, 4) is 23.4 Å². The van der Waals surface area contributed by atoms with Gasteiger partial charge in [-0.3, -0.25) is 0 Å². The summed E-state index contributed by atoms with van der Waals surface area (Å²) in [7, 11) is -1.69. The Morgan fingerprint density at radius 2 is 1.77 bits per heavy atom. The molecule has 0 N–H and O–H groups in total. The van der Waals surface area contributed by atoms with Crippen LogP contribution in [0.5, 0.6) is 0 Å². The third kappa shape index (κ3) is 3.19. The SMILES string of the molecule is C#C[Si](C)(C)C#Cc1ccccc1. The number of hydrogen-bond donors (Lipinski definition) is 0. The van der Waals surface area contributed by atoms with Gasteiger partial charge in [0, 0.05) is 5.56 Å². The molecule has 0 bridgehead atoms. The van der Waals surface area contributed by atoms with Crippen LogP contribution < -0.4 is 0 Å². The maximum absolute atomic E-state index is 5.38. The van der Waals surface area contributed by atoms with Crippen molar-refractivity contribution in [1.29, 1.82) is 0 Å². The molecule has 1 aromatic carbocycles. The zero-order chi connectivity index (χ0) is 9.73. The van der Waals surface area contributed by atoms with Gasteiger partial charge >= 0.3 is 0 Å². The fourth-order valence-electron chi connectivity index (χ4n) is 0.786. The molecule has 13 heavy (non-hydrogen) atoms. The summed E-state index contributed by atoms with van der Waals surface area (Å²) in [6, 6.07) is 9.93. The molecule has 0 atom stereocenters. The highest BCUT2D eigenvalue weighted by atomic mass is 28.3. The normalized spacial score (nSPS) is 9.62. The first-order chi connectivity index (χ1) is 6.14. The number of hydrogen-bond acceptors (Lipinski definition) is 0. The highest BCUT2D eigenvalue weighted by molar-refractivity contribution is 6.92. The molecule has 0 saturated carbocycles. The van der Waals surface area contributed by atoms with Crippen LogP contribution in [0.3, 0.4) is 0 Å². The molecule has 0 unspecified atom stereocenters. The van der Waals surface area contributed by atoms with Gasteiger partial charge in [-0.05, 0) is 25.2 Å². The van der Waals surface area contributed by atoms with Gasteiger partial charge in [0.15, 0.2) is 0 Å². The summed E-state index contributed by atoms with van der Waals surface area (Å²) in [5.41, 5.74) is 6.99. The molecule has 64 valence electrons. The molecule has 1 rings (SSSR count). The molecule has 0 nitrogen and oxygen atoms in total. The lowest BCUT2D eigenvalue weighted by molar-refractivity contribution is 1.65. The monoisotopic (exact) mass is 184 g/mol. The minimum Gasteiger partial charge on any atom is -0.126 e. The number of benzene rings is 1. The summed E-state index contributed by atoms with van der Waals surface area (Å²) in [5, 5.41) is 0. The van der Waals surface area contributed by atoms with Gasteiger partial charge in [-0.15, -0.1) is 17.5 Å². The average Bonchev–Trinajstić information content (AvgIpc) is 2.17. The second-order valence-electron chi connectivity index (χ2n) is 3.39. The van der Waals surface area contributed by atoms with E-state index in [4.69, 9.17) is 6.42 Å². The van der Waals surface area contributed by atoms with Crippen LogP contribution in [0, 0.1) is 23.4 Å². The molecule has 0 saturated heterocycles. The Morgan fingerprint density at radius 3 is 2.31 bits per heavy atom. The number of rotatable bonds is 0. The third-order valence-electron chi connectivity index (χ3n) is 1.65. The van der Waals surface area contributed by atoms with E-state index in [1.54, 1.807) is 0 Å². The molecule has 0 aliphatic rings. The smallest absolute Gasteiger partial charge is 0.126 e. The van der Waals surface area contributed by atoms with Gasteiger partial charge in [0.2, 0.25) is 8.07 Å². The molecule has 0 heterocycles. The minimum atomic E-state index is -1.69. The van der Waals surface area contributed by atoms with Crippen molar-refractivity contribution in [1.82, 2.24) is 0 Å². The standard InChI is InChI=1S/C12H12Si/c1-4-13(2,3)11-10-12-8-6-5-7-9-12/h1,5-9H,2-3H3. The largest absolute Gasteiger partial charge is 0.210 e. The molecule has 1 aromatic rings. The predicted molar refractivity (Wildman–Crippen MR) is 59.6 cm³/mol. The summed E-state index contributed by atoms with van der Waals surface area (Å²) < 4.78 is 0. The van der Waals surface area contributed by atoms with Crippen molar-refractivity contribution in [2.45, 2.75) is 13.1 Å². The summed E-state index contributed by atoms with van der Waals surface area (Å²) in [6.45, 7) is 4.14. The highest BCUT2D eigenvalue weighted by Gasteiger charge is 2.12. The molecule has 0 fully saturated rings. The second-order valence-corrected chi connectivity index (χ2v) is 7.17. The van der Waals surface area contributed by atoms with E-state index in [9.17, 15) is 0 Å². The van der Waals surface area contributed by atoms with Crippen LogP contribution in [0.2, 0.25) is 13.1 Å². The average molecular weight is 184 g/mol. The summed E-state index contributed by atoms with van der Waals surface area (Å²) in [5.74, 6) is 3.11. The molecule has 0 radical (unpaired) electrons. The van der Waals surface area contributed by atoms with E-state index < -0.39 is 8.07 Å². The Morgan fingerprint density at radius 1 is 1.15 bits per heavy atom. The van der Waals surface area contributed by atoms with Crippen molar-refractivity contribution in [2.24, 2.45) is 0 Å². The molecule has 0 aromatic heterocycles. The van der Waals surface area contributed by atoms with E-state index in [1.807, 2.05) is 30.3 Å². The fraction of sp³-hybridized carbons (Fsp3) is 0.167. The Bertz CT molecular complexity index is 371. The van der Waals surface area contributed by atoms with E-state index >= 15 is 0 Å². The van der Waals surface area contributed by atoms with Gasteiger partial charge in [-0.1, -0.05) is 24.1 Å². The Hall–Kier alpha value is -1.44. The van der Waals surface area contributed by atoms with Crippen LogP contribution in [0.1, 0.15) is 5.56 Å². The van der Waals surface area contributed by atoms with E-state index in [1.165, 1.54) is 0 Å². The highest BCUT2D eigenvalue weighted by Crippen LogP contribution is 1.99. The molecular formula is C12H12Si. The molecule has 0 spiro atoms. The zero-order valence-electron chi connectivity index (χ0n) is 7.96. The van der Waals surface area contributed by atoms with Crippen molar-refractivity contribution in [2.75, 3.05) is 0 Å². The third-order valence-corrected chi connectivity index (χ3v) is 3.13. The molecular weight excluding hydrogens is 172 g/mol. The van der Waals surface area contributed by atoms with Crippen molar-refractivity contribution in [3.05, 3.63) is 35.9 Å². The van der Waals surface area contributed by atoms with Crippen molar-refractivity contribution in [3.63, 3.8) is 0 Å². The van der Waals surface area contributed by atoms with Gasteiger partial charge < -0.3 is 0 Å². The van der Waals surface area contributed by atoms with Crippen LogP contribution in [0.4, 0.5) is 0 Å². The minimum absolute atomic E-state index is 1.04. The van der Waals surface area contributed by atoms with Gasteiger partial charge in [0.25, 0.3) is 0 Å². The Kier molecular flexibility index (Phi) is 2.96. The first kappa shape index (κ1) is 9.64. The van der Waals surface area contributed by atoms with Crippen LogP contribution in [0.15, 0.2) is 30.3 Å². The fourth-order valence-corrected chi connectivity index (χ4v) is 1.31. The van der Waals surface area contributed by atoms with Gasteiger partial charge in [0.05, 0.1) is 0 Å². The van der Waals surface area contributed by atoms with Crippen LogP contribution in [-0.4, -0.2) is 8.07 Å². The topological polar surface area (TPSA) is 0 Å². The zero-order valence-corrected chi connectivity index (χ0v) is 8.96. The Balaban J connectivity index is 2.87. The first-order valence-corrected chi connectivity index (χ1v) is 7.20. The van der Waals surface area contributed by atoms with Crippen LogP contribution in [-0.2, 0) is 0 Å². The van der Waals surface area contributed by atoms with E-state index in [2.05, 4.69) is 30.1 Å². The molecule has 0 amide bonds. The summed E-state index contributed by atoms with van der Waals surface area (Å²) in [6.07, 6.45) is 5.38. The van der Waals surface area contributed by atoms with Crippen LogP contribution in [0.25, 0.3) is 0 Å². The Labute approximate surface area is 81.0 Å².